The van der Waals surface area contributed by atoms with E-state index in [0.29, 0.717) is 17.8 Å². The number of aromatic nitrogens is 3. The average molecular weight is 277 g/mol. The smallest absolute Gasteiger partial charge is 0.214 e. The van der Waals surface area contributed by atoms with Crippen LogP contribution in [0.1, 0.15) is 21.6 Å². The van der Waals surface area contributed by atoms with Gasteiger partial charge in [0.05, 0.1) is 6.20 Å². The van der Waals surface area contributed by atoms with Crippen LogP contribution in [0.2, 0.25) is 0 Å². The number of carbonyl (C=O) groups excluding carboxylic acids is 1. The van der Waals surface area contributed by atoms with Crippen LogP contribution in [0.3, 0.4) is 0 Å². The van der Waals surface area contributed by atoms with Crippen molar-refractivity contribution < 1.29 is 4.79 Å². The van der Waals surface area contributed by atoms with Crippen LogP contribution >= 0.6 is 0 Å². The number of rotatable bonds is 5. The van der Waals surface area contributed by atoms with E-state index < -0.39 is 0 Å². The summed E-state index contributed by atoms with van der Waals surface area (Å²) in [6.07, 6.45) is 2.57. The molecule has 0 spiro atoms. The summed E-state index contributed by atoms with van der Waals surface area (Å²) >= 11 is 0. The van der Waals surface area contributed by atoms with E-state index in [2.05, 4.69) is 22.4 Å². The molecule has 0 aliphatic rings. The standard InChI is InChI=1S/C17H15N3O/c21-17(15-9-5-2-6-10-15)16-13-20(19-18-16)12-11-14-7-3-1-4-8-14/h1-10,13H,11-12H2. The molecule has 0 atom stereocenters. The minimum Gasteiger partial charge on any atom is -0.287 e. The summed E-state index contributed by atoms with van der Waals surface area (Å²) in [5.74, 6) is -0.0958. The van der Waals surface area contributed by atoms with E-state index in [9.17, 15) is 4.79 Å². The quantitative estimate of drug-likeness (QED) is 0.674. The third-order valence-corrected chi connectivity index (χ3v) is 3.28. The van der Waals surface area contributed by atoms with E-state index in [1.807, 2.05) is 36.4 Å². The molecule has 0 aliphatic carbocycles. The lowest BCUT2D eigenvalue weighted by Crippen LogP contribution is -2.02. The Hall–Kier alpha value is -2.75. The van der Waals surface area contributed by atoms with E-state index in [1.165, 1.54) is 5.56 Å². The normalized spacial score (nSPS) is 10.5. The van der Waals surface area contributed by atoms with Gasteiger partial charge in [0.2, 0.25) is 5.78 Å². The van der Waals surface area contributed by atoms with Gasteiger partial charge >= 0.3 is 0 Å². The molecule has 3 aromatic rings. The molecule has 2 aromatic carbocycles. The third kappa shape index (κ3) is 3.23. The van der Waals surface area contributed by atoms with Crippen molar-refractivity contribution >= 4 is 5.78 Å². The Morgan fingerprint density at radius 1 is 0.952 bits per heavy atom. The highest BCUT2D eigenvalue weighted by atomic mass is 16.1. The highest BCUT2D eigenvalue weighted by Gasteiger charge is 2.12. The Bertz CT molecular complexity index is 720. The summed E-state index contributed by atoms with van der Waals surface area (Å²) in [6.45, 7) is 0.707. The predicted molar refractivity (Wildman–Crippen MR) is 80.0 cm³/mol. The summed E-state index contributed by atoms with van der Waals surface area (Å²) in [5.41, 5.74) is 2.26. The molecule has 21 heavy (non-hydrogen) atoms. The maximum absolute atomic E-state index is 12.2. The Kier molecular flexibility index (Phi) is 3.87. The molecule has 4 heteroatoms. The fourth-order valence-electron chi connectivity index (χ4n) is 2.14. The van der Waals surface area contributed by atoms with Gasteiger partial charge in [-0.2, -0.15) is 0 Å². The van der Waals surface area contributed by atoms with Gasteiger partial charge in [-0.05, 0) is 12.0 Å². The fraction of sp³-hybridized carbons (Fsp3) is 0.118. The Morgan fingerprint density at radius 2 is 1.62 bits per heavy atom. The van der Waals surface area contributed by atoms with E-state index >= 15 is 0 Å². The molecule has 1 heterocycles. The molecule has 104 valence electrons. The van der Waals surface area contributed by atoms with Crippen molar-refractivity contribution in [3.05, 3.63) is 83.7 Å². The van der Waals surface area contributed by atoms with Crippen LogP contribution in [0.4, 0.5) is 0 Å². The third-order valence-electron chi connectivity index (χ3n) is 3.28. The molecule has 0 bridgehead atoms. The molecule has 4 nitrogen and oxygen atoms in total. The van der Waals surface area contributed by atoms with Crippen LogP contribution in [0.15, 0.2) is 66.9 Å². The van der Waals surface area contributed by atoms with Gasteiger partial charge in [0, 0.05) is 12.1 Å². The minimum atomic E-state index is -0.0958. The van der Waals surface area contributed by atoms with Crippen molar-refractivity contribution in [2.75, 3.05) is 0 Å². The van der Waals surface area contributed by atoms with Gasteiger partial charge in [-0.1, -0.05) is 65.9 Å². The van der Waals surface area contributed by atoms with Crippen LogP contribution in [0.5, 0.6) is 0 Å². The van der Waals surface area contributed by atoms with E-state index in [0.717, 1.165) is 6.42 Å². The Labute approximate surface area is 123 Å². The van der Waals surface area contributed by atoms with E-state index in [-0.39, 0.29) is 5.78 Å². The van der Waals surface area contributed by atoms with Crippen LogP contribution in [-0.4, -0.2) is 20.8 Å². The maximum atomic E-state index is 12.2. The molecule has 0 amide bonds. The average Bonchev–Trinajstić information content (AvgIpc) is 3.03. The van der Waals surface area contributed by atoms with Crippen molar-refractivity contribution in [2.45, 2.75) is 13.0 Å². The zero-order chi connectivity index (χ0) is 14.5. The maximum Gasteiger partial charge on any atom is 0.214 e. The first-order chi connectivity index (χ1) is 10.3. The lowest BCUT2D eigenvalue weighted by molar-refractivity contribution is 0.103. The molecule has 0 saturated carbocycles. The molecule has 0 aliphatic heterocycles. The zero-order valence-corrected chi connectivity index (χ0v) is 11.5. The predicted octanol–water partition coefficient (Wildman–Crippen LogP) is 2.75. The van der Waals surface area contributed by atoms with Crippen LogP contribution in [0, 0.1) is 0 Å². The minimum absolute atomic E-state index is 0.0958. The fourth-order valence-corrected chi connectivity index (χ4v) is 2.14. The zero-order valence-electron chi connectivity index (χ0n) is 11.5. The highest BCUT2D eigenvalue weighted by Crippen LogP contribution is 2.07. The topological polar surface area (TPSA) is 47.8 Å². The largest absolute Gasteiger partial charge is 0.287 e. The number of nitrogens with zero attached hydrogens (tertiary/aromatic N) is 3. The molecule has 0 N–H and O–H groups in total. The van der Waals surface area contributed by atoms with Gasteiger partial charge in [-0.3, -0.25) is 9.48 Å². The van der Waals surface area contributed by atoms with Gasteiger partial charge in [0.25, 0.3) is 0 Å². The SMILES string of the molecule is O=C(c1ccccc1)c1cn(CCc2ccccc2)nn1. The van der Waals surface area contributed by atoms with Crippen LogP contribution in [-0.2, 0) is 13.0 Å². The monoisotopic (exact) mass is 277 g/mol. The second kappa shape index (κ2) is 6.13. The number of hydrogen-bond acceptors (Lipinski definition) is 3. The molecule has 3 rings (SSSR count). The van der Waals surface area contributed by atoms with Crippen molar-refractivity contribution in [2.24, 2.45) is 0 Å². The molecule has 0 radical (unpaired) electrons. The summed E-state index contributed by atoms with van der Waals surface area (Å²) in [7, 11) is 0. The van der Waals surface area contributed by atoms with Crippen molar-refractivity contribution in [3.8, 4) is 0 Å². The molecule has 0 unspecified atom stereocenters. The van der Waals surface area contributed by atoms with Crippen LogP contribution in [0.25, 0.3) is 0 Å². The second-order valence-electron chi connectivity index (χ2n) is 4.80. The van der Waals surface area contributed by atoms with Crippen molar-refractivity contribution in [1.82, 2.24) is 15.0 Å². The Morgan fingerprint density at radius 3 is 2.33 bits per heavy atom. The summed E-state index contributed by atoms with van der Waals surface area (Å²) in [4.78, 5) is 12.2. The van der Waals surface area contributed by atoms with Gasteiger partial charge < -0.3 is 0 Å². The van der Waals surface area contributed by atoms with Crippen molar-refractivity contribution in [1.29, 1.82) is 0 Å². The Balaban J connectivity index is 1.68. The van der Waals surface area contributed by atoms with Gasteiger partial charge in [0.1, 0.15) is 0 Å². The molecule has 0 saturated heterocycles. The first-order valence-corrected chi connectivity index (χ1v) is 6.87. The number of ketones is 1. The van der Waals surface area contributed by atoms with Gasteiger partial charge in [-0.15, -0.1) is 5.10 Å². The van der Waals surface area contributed by atoms with Gasteiger partial charge in [0.15, 0.2) is 5.69 Å². The lowest BCUT2D eigenvalue weighted by atomic mass is 10.1. The second-order valence-corrected chi connectivity index (χ2v) is 4.80. The summed E-state index contributed by atoms with van der Waals surface area (Å²) in [5, 5.41) is 7.99. The molecular formula is C17H15N3O. The first kappa shape index (κ1) is 13.2. The van der Waals surface area contributed by atoms with E-state index in [1.54, 1.807) is 23.0 Å². The van der Waals surface area contributed by atoms with Gasteiger partial charge in [-0.25, -0.2) is 0 Å². The van der Waals surface area contributed by atoms with Crippen molar-refractivity contribution in [3.63, 3.8) is 0 Å². The number of aryl methyl sites for hydroxylation is 2. The summed E-state index contributed by atoms with van der Waals surface area (Å²) < 4.78 is 1.71. The molecule has 1 aromatic heterocycles. The molecular weight excluding hydrogens is 262 g/mol. The first-order valence-electron chi connectivity index (χ1n) is 6.87. The summed E-state index contributed by atoms with van der Waals surface area (Å²) in [6, 6.07) is 19.3. The number of hydrogen-bond donors (Lipinski definition) is 0. The van der Waals surface area contributed by atoms with E-state index in [4.69, 9.17) is 0 Å². The van der Waals surface area contributed by atoms with Crippen LogP contribution < -0.4 is 0 Å². The highest BCUT2D eigenvalue weighted by molar-refractivity contribution is 6.07. The number of benzene rings is 2. The lowest BCUT2D eigenvalue weighted by Gasteiger charge is -2.00. The number of carbonyl (C=O) groups is 1. The molecule has 0 fully saturated rings.